The number of hydrogen-bond acceptors (Lipinski definition) is 3. The molecule has 0 fully saturated rings. The van der Waals surface area contributed by atoms with Gasteiger partial charge in [-0.25, -0.2) is 9.97 Å². The molecule has 0 radical (unpaired) electrons. The third-order valence-electron chi connectivity index (χ3n) is 2.68. The van der Waals surface area contributed by atoms with Gasteiger partial charge in [-0.15, -0.1) is 6.58 Å². The monoisotopic (exact) mass is 270 g/mol. The maximum absolute atomic E-state index is 4.39. The summed E-state index contributed by atoms with van der Waals surface area (Å²) in [6.45, 7) is 5.00. The van der Waals surface area contributed by atoms with Crippen LogP contribution in [0.4, 0.5) is 0 Å². The van der Waals surface area contributed by atoms with Gasteiger partial charge in [-0.05, 0) is 11.6 Å². The minimum atomic E-state index is 0.661. The first-order valence-corrected chi connectivity index (χ1v) is 6.32. The number of hydrogen-bond donors (Lipinski definition) is 2. The van der Waals surface area contributed by atoms with E-state index in [4.69, 9.17) is 0 Å². The Morgan fingerprint density at radius 2 is 2.35 bits per heavy atom. The van der Waals surface area contributed by atoms with Crippen molar-refractivity contribution in [2.45, 2.75) is 6.54 Å². The van der Waals surface area contributed by atoms with E-state index in [-0.39, 0.29) is 0 Å². The molecule has 2 aromatic heterocycles. The summed E-state index contributed by atoms with van der Waals surface area (Å²) in [5.74, 6) is 1.59. The van der Waals surface area contributed by atoms with Gasteiger partial charge in [0.1, 0.15) is 12.1 Å². The zero-order valence-corrected chi connectivity index (χ0v) is 11.5. The molecule has 0 bridgehead atoms. The van der Waals surface area contributed by atoms with Gasteiger partial charge >= 0.3 is 0 Å². The van der Waals surface area contributed by atoms with E-state index in [1.54, 1.807) is 25.6 Å². The first-order chi connectivity index (χ1) is 9.83. The Kier molecular flexibility index (Phi) is 4.88. The molecule has 0 amide bonds. The summed E-state index contributed by atoms with van der Waals surface area (Å²) in [7, 11) is 1.73. The summed E-state index contributed by atoms with van der Waals surface area (Å²) >= 11 is 0. The van der Waals surface area contributed by atoms with Crippen LogP contribution in [0.25, 0.3) is 5.82 Å². The molecule has 0 atom stereocenters. The van der Waals surface area contributed by atoms with E-state index in [9.17, 15) is 0 Å². The van der Waals surface area contributed by atoms with Crippen LogP contribution in [-0.4, -0.2) is 34.1 Å². The van der Waals surface area contributed by atoms with Crippen molar-refractivity contribution in [3.63, 3.8) is 0 Å². The van der Waals surface area contributed by atoms with Crippen LogP contribution in [-0.2, 0) is 6.54 Å². The molecular formula is C14H18N6. The van der Waals surface area contributed by atoms with Crippen LogP contribution in [0.5, 0.6) is 0 Å². The average Bonchev–Trinajstić information content (AvgIpc) is 3.02. The van der Waals surface area contributed by atoms with Crippen LogP contribution in [0.15, 0.2) is 54.7 Å². The first kappa shape index (κ1) is 13.8. The van der Waals surface area contributed by atoms with Crippen molar-refractivity contribution >= 4 is 5.96 Å². The molecule has 20 heavy (non-hydrogen) atoms. The quantitative estimate of drug-likeness (QED) is 0.485. The molecule has 0 aliphatic heterocycles. The topological polar surface area (TPSA) is 67.1 Å². The SMILES string of the molecule is C=CCNC(=NC)NCc1ccc(-n2ccnc2)nc1. The molecule has 2 heterocycles. The van der Waals surface area contributed by atoms with Crippen molar-refractivity contribution in [2.24, 2.45) is 4.99 Å². The van der Waals surface area contributed by atoms with E-state index in [1.165, 1.54) is 0 Å². The fourth-order valence-corrected chi connectivity index (χ4v) is 1.64. The molecule has 0 saturated carbocycles. The van der Waals surface area contributed by atoms with Gasteiger partial charge in [0.25, 0.3) is 0 Å². The molecule has 0 saturated heterocycles. The Morgan fingerprint density at radius 3 is 2.95 bits per heavy atom. The van der Waals surface area contributed by atoms with Gasteiger partial charge in [0.2, 0.25) is 0 Å². The first-order valence-electron chi connectivity index (χ1n) is 6.32. The molecule has 2 N–H and O–H groups in total. The highest BCUT2D eigenvalue weighted by molar-refractivity contribution is 5.79. The Balaban J connectivity index is 1.92. The number of nitrogens with zero attached hydrogens (tertiary/aromatic N) is 4. The smallest absolute Gasteiger partial charge is 0.191 e. The van der Waals surface area contributed by atoms with E-state index in [2.05, 4.69) is 32.2 Å². The lowest BCUT2D eigenvalue weighted by atomic mass is 10.3. The number of aliphatic imine (C=N–C) groups is 1. The largest absolute Gasteiger partial charge is 0.353 e. The molecule has 0 aliphatic carbocycles. The number of pyridine rings is 1. The third-order valence-corrected chi connectivity index (χ3v) is 2.68. The molecule has 6 nitrogen and oxygen atoms in total. The second-order valence-corrected chi connectivity index (χ2v) is 4.09. The third kappa shape index (κ3) is 3.68. The highest BCUT2D eigenvalue weighted by Crippen LogP contribution is 2.04. The van der Waals surface area contributed by atoms with Crippen LogP contribution in [0.3, 0.4) is 0 Å². The fourth-order valence-electron chi connectivity index (χ4n) is 1.64. The van der Waals surface area contributed by atoms with Gasteiger partial charge in [0, 0.05) is 38.7 Å². The molecule has 0 spiro atoms. The van der Waals surface area contributed by atoms with Gasteiger partial charge in [-0.2, -0.15) is 0 Å². The van der Waals surface area contributed by atoms with Crippen molar-refractivity contribution in [2.75, 3.05) is 13.6 Å². The Bertz CT molecular complexity index is 556. The number of rotatable bonds is 5. The highest BCUT2D eigenvalue weighted by Gasteiger charge is 1.99. The number of nitrogens with one attached hydrogen (secondary N) is 2. The predicted octanol–water partition coefficient (Wildman–Crippen LogP) is 1.12. The summed E-state index contributed by atoms with van der Waals surface area (Å²) in [6, 6.07) is 3.98. The van der Waals surface area contributed by atoms with Crippen molar-refractivity contribution in [3.8, 4) is 5.82 Å². The molecule has 2 rings (SSSR count). The molecule has 0 aromatic carbocycles. The standard InChI is InChI=1S/C14H18N6/c1-3-6-17-14(15-2)19-10-12-4-5-13(18-9-12)20-8-7-16-11-20/h3-5,7-9,11H,1,6,10H2,2H3,(H2,15,17,19). The minimum absolute atomic E-state index is 0.661. The van der Waals surface area contributed by atoms with Crippen LogP contribution < -0.4 is 10.6 Å². The van der Waals surface area contributed by atoms with E-state index in [0.717, 1.165) is 17.3 Å². The fraction of sp³-hybridized carbons (Fsp3) is 0.214. The zero-order chi connectivity index (χ0) is 14.2. The summed E-state index contributed by atoms with van der Waals surface area (Å²) < 4.78 is 1.86. The summed E-state index contributed by atoms with van der Waals surface area (Å²) in [5, 5.41) is 6.32. The Hall–Kier alpha value is -2.63. The van der Waals surface area contributed by atoms with Crippen molar-refractivity contribution < 1.29 is 0 Å². The summed E-state index contributed by atoms with van der Waals surface area (Å²) in [4.78, 5) is 12.5. The molecule has 0 unspecified atom stereocenters. The van der Waals surface area contributed by atoms with E-state index in [1.807, 2.05) is 29.1 Å². The number of imidazole rings is 1. The second kappa shape index (κ2) is 7.08. The lowest BCUT2D eigenvalue weighted by Gasteiger charge is -2.10. The molecule has 104 valence electrons. The van der Waals surface area contributed by atoms with Crippen LogP contribution in [0.1, 0.15) is 5.56 Å². The van der Waals surface area contributed by atoms with E-state index < -0.39 is 0 Å². The van der Waals surface area contributed by atoms with Gasteiger partial charge < -0.3 is 10.6 Å². The van der Waals surface area contributed by atoms with Gasteiger partial charge in [0.05, 0.1) is 0 Å². The minimum Gasteiger partial charge on any atom is -0.353 e. The summed E-state index contributed by atoms with van der Waals surface area (Å²) in [5.41, 5.74) is 1.08. The van der Waals surface area contributed by atoms with Crippen molar-refractivity contribution in [3.05, 3.63) is 55.3 Å². The normalized spacial score (nSPS) is 11.2. The number of aromatic nitrogens is 3. The van der Waals surface area contributed by atoms with Crippen LogP contribution in [0.2, 0.25) is 0 Å². The molecule has 0 aliphatic rings. The average molecular weight is 270 g/mol. The zero-order valence-electron chi connectivity index (χ0n) is 11.5. The van der Waals surface area contributed by atoms with Crippen molar-refractivity contribution in [1.82, 2.24) is 25.2 Å². The highest BCUT2D eigenvalue weighted by atomic mass is 15.2. The second-order valence-electron chi connectivity index (χ2n) is 4.09. The maximum Gasteiger partial charge on any atom is 0.191 e. The van der Waals surface area contributed by atoms with E-state index in [0.29, 0.717) is 13.1 Å². The Morgan fingerprint density at radius 1 is 1.45 bits per heavy atom. The lowest BCUT2D eigenvalue weighted by Crippen LogP contribution is -2.36. The van der Waals surface area contributed by atoms with Crippen LogP contribution >= 0.6 is 0 Å². The van der Waals surface area contributed by atoms with Crippen molar-refractivity contribution in [1.29, 1.82) is 0 Å². The lowest BCUT2D eigenvalue weighted by molar-refractivity contribution is 0.840. The van der Waals surface area contributed by atoms with Crippen LogP contribution in [0, 0.1) is 0 Å². The summed E-state index contributed by atoms with van der Waals surface area (Å²) in [6.07, 6.45) is 8.94. The molecule has 2 aromatic rings. The molecular weight excluding hydrogens is 252 g/mol. The Labute approximate surface area is 118 Å². The number of guanidine groups is 1. The van der Waals surface area contributed by atoms with Gasteiger partial charge in [-0.3, -0.25) is 9.56 Å². The van der Waals surface area contributed by atoms with Gasteiger partial charge in [0.15, 0.2) is 5.96 Å². The van der Waals surface area contributed by atoms with Gasteiger partial charge in [-0.1, -0.05) is 12.1 Å². The molecule has 6 heteroatoms. The maximum atomic E-state index is 4.39. The van der Waals surface area contributed by atoms with E-state index >= 15 is 0 Å². The predicted molar refractivity (Wildman–Crippen MR) is 79.8 cm³/mol.